The van der Waals surface area contributed by atoms with Crippen molar-refractivity contribution in [2.24, 2.45) is 0 Å². The van der Waals surface area contributed by atoms with E-state index in [0.717, 1.165) is 36.6 Å². The number of methoxy groups -OCH3 is 3. The van der Waals surface area contributed by atoms with Crippen molar-refractivity contribution in [2.45, 2.75) is 51.1 Å². The van der Waals surface area contributed by atoms with Gasteiger partial charge in [0.05, 0.1) is 33.4 Å². The first kappa shape index (κ1) is 25.4. The van der Waals surface area contributed by atoms with E-state index >= 15 is 0 Å². The highest BCUT2D eigenvalue weighted by Crippen LogP contribution is 2.28. The van der Waals surface area contributed by atoms with Crippen LogP contribution < -0.4 is 25.1 Å². The van der Waals surface area contributed by atoms with Crippen LogP contribution in [0.5, 0.6) is 17.2 Å². The fourth-order valence-corrected chi connectivity index (χ4v) is 4.74. The van der Waals surface area contributed by atoms with Crippen molar-refractivity contribution in [2.75, 3.05) is 27.9 Å². The van der Waals surface area contributed by atoms with E-state index in [-0.39, 0.29) is 24.2 Å². The molecule has 0 saturated heterocycles. The van der Waals surface area contributed by atoms with Crippen LogP contribution in [-0.4, -0.2) is 49.8 Å². The second kappa shape index (κ2) is 11.8. The van der Waals surface area contributed by atoms with E-state index in [4.69, 9.17) is 14.2 Å². The molecule has 2 aromatic carbocycles. The predicted molar refractivity (Wildman–Crippen MR) is 140 cm³/mol. The molecule has 1 heterocycles. The molecule has 8 nitrogen and oxygen atoms in total. The van der Waals surface area contributed by atoms with Gasteiger partial charge in [-0.25, -0.2) is 4.79 Å². The highest BCUT2D eigenvalue weighted by molar-refractivity contribution is 5.80. The van der Waals surface area contributed by atoms with Crippen LogP contribution in [0, 0.1) is 0 Å². The zero-order valence-electron chi connectivity index (χ0n) is 21.3. The van der Waals surface area contributed by atoms with E-state index in [0.29, 0.717) is 41.3 Å². The van der Waals surface area contributed by atoms with Crippen LogP contribution in [0.4, 0.5) is 4.79 Å². The molecule has 2 N–H and O–H groups in total. The minimum Gasteiger partial charge on any atom is -0.497 e. The van der Waals surface area contributed by atoms with Gasteiger partial charge in [0.15, 0.2) is 11.5 Å². The first-order chi connectivity index (χ1) is 17.5. The van der Waals surface area contributed by atoms with Gasteiger partial charge in [0.2, 0.25) is 0 Å². The molecule has 2 amide bonds. The number of nitrogens with zero attached hydrogens (tertiary/aromatic N) is 1. The first-order valence-corrected chi connectivity index (χ1v) is 12.5. The Bertz CT molecular complexity index is 1250. The van der Waals surface area contributed by atoms with Crippen molar-refractivity contribution in [3.05, 3.63) is 63.9 Å². The second-order valence-corrected chi connectivity index (χ2v) is 9.22. The summed E-state index contributed by atoms with van der Waals surface area (Å²) in [5.41, 5.74) is 2.05. The third-order valence-electron chi connectivity index (χ3n) is 6.83. The van der Waals surface area contributed by atoms with Crippen LogP contribution in [-0.2, 0) is 13.0 Å². The van der Waals surface area contributed by atoms with Gasteiger partial charge in [-0.15, -0.1) is 0 Å². The van der Waals surface area contributed by atoms with E-state index < -0.39 is 0 Å². The number of aromatic amines is 1. The predicted octanol–water partition coefficient (Wildman–Crippen LogP) is 4.64. The number of hydrogen-bond donors (Lipinski definition) is 2. The van der Waals surface area contributed by atoms with Gasteiger partial charge in [0, 0.05) is 24.2 Å². The SMILES string of the molecule is COc1ccc2cc(CN(CCc3ccc(OC)c(OC)c3)C(=O)NC3CCCCC3)c(=O)[nH]c2c1. The molecule has 1 aliphatic carbocycles. The maximum atomic E-state index is 13.4. The molecule has 0 unspecified atom stereocenters. The summed E-state index contributed by atoms with van der Waals surface area (Å²) < 4.78 is 16.0. The summed E-state index contributed by atoms with van der Waals surface area (Å²) in [6, 6.07) is 13.2. The number of carbonyl (C=O) groups excluding carboxylic acids is 1. The maximum Gasteiger partial charge on any atom is 0.317 e. The Morgan fingerprint density at radius 1 is 0.972 bits per heavy atom. The molecule has 0 spiro atoms. The second-order valence-electron chi connectivity index (χ2n) is 9.22. The molecule has 4 rings (SSSR count). The molecule has 0 atom stereocenters. The summed E-state index contributed by atoms with van der Waals surface area (Å²) in [5, 5.41) is 4.09. The summed E-state index contributed by atoms with van der Waals surface area (Å²) in [6.45, 7) is 0.664. The molecule has 0 radical (unpaired) electrons. The fourth-order valence-electron chi connectivity index (χ4n) is 4.74. The number of fused-ring (bicyclic) bond motifs is 1. The molecule has 3 aromatic rings. The Hall–Kier alpha value is -3.68. The molecule has 1 aliphatic rings. The lowest BCUT2D eigenvalue weighted by molar-refractivity contribution is 0.187. The Balaban J connectivity index is 1.56. The van der Waals surface area contributed by atoms with E-state index in [1.807, 2.05) is 36.4 Å². The third kappa shape index (κ3) is 6.11. The van der Waals surface area contributed by atoms with Crippen LogP contribution >= 0.6 is 0 Å². The van der Waals surface area contributed by atoms with Crippen molar-refractivity contribution >= 4 is 16.9 Å². The number of benzene rings is 2. The van der Waals surface area contributed by atoms with Crippen LogP contribution in [0.1, 0.15) is 43.2 Å². The first-order valence-electron chi connectivity index (χ1n) is 12.5. The minimum atomic E-state index is -0.211. The Labute approximate surface area is 211 Å². The van der Waals surface area contributed by atoms with E-state index in [9.17, 15) is 9.59 Å². The highest BCUT2D eigenvalue weighted by atomic mass is 16.5. The van der Waals surface area contributed by atoms with Gasteiger partial charge in [-0.1, -0.05) is 25.3 Å². The normalized spacial score (nSPS) is 13.9. The molecular formula is C28H35N3O5. The summed E-state index contributed by atoms with van der Waals surface area (Å²) in [4.78, 5) is 30.9. The van der Waals surface area contributed by atoms with Gasteiger partial charge in [0.25, 0.3) is 5.56 Å². The van der Waals surface area contributed by atoms with Gasteiger partial charge >= 0.3 is 6.03 Å². The zero-order chi connectivity index (χ0) is 25.5. The molecule has 192 valence electrons. The molecule has 0 bridgehead atoms. The fraction of sp³-hybridized carbons (Fsp3) is 0.429. The van der Waals surface area contributed by atoms with Crippen LogP contribution in [0.25, 0.3) is 10.9 Å². The van der Waals surface area contributed by atoms with Gasteiger partial charge < -0.3 is 29.4 Å². The van der Waals surface area contributed by atoms with Gasteiger partial charge in [-0.3, -0.25) is 4.79 Å². The van der Waals surface area contributed by atoms with Crippen molar-refractivity contribution in [1.29, 1.82) is 0 Å². The smallest absolute Gasteiger partial charge is 0.317 e. The Morgan fingerprint density at radius 2 is 1.75 bits per heavy atom. The largest absolute Gasteiger partial charge is 0.497 e. The molecule has 8 heteroatoms. The molecule has 1 saturated carbocycles. The number of nitrogens with one attached hydrogen (secondary N) is 2. The number of pyridine rings is 1. The van der Waals surface area contributed by atoms with Crippen LogP contribution in [0.2, 0.25) is 0 Å². The number of H-pyrrole nitrogens is 1. The molecule has 1 aromatic heterocycles. The van der Waals surface area contributed by atoms with Crippen molar-refractivity contribution in [3.8, 4) is 17.2 Å². The topological polar surface area (TPSA) is 92.9 Å². The Kier molecular flexibility index (Phi) is 8.36. The lowest BCUT2D eigenvalue weighted by Gasteiger charge is -2.28. The van der Waals surface area contributed by atoms with Gasteiger partial charge in [-0.05, 0) is 60.5 Å². The van der Waals surface area contributed by atoms with Crippen LogP contribution in [0.15, 0.2) is 47.3 Å². The summed E-state index contributed by atoms with van der Waals surface area (Å²) in [7, 11) is 4.80. The number of ether oxygens (including phenoxy) is 3. The zero-order valence-corrected chi connectivity index (χ0v) is 21.3. The monoisotopic (exact) mass is 493 g/mol. The number of rotatable bonds is 9. The quantitative estimate of drug-likeness (QED) is 0.453. The number of hydrogen-bond acceptors (Lipinski definition) is 5. The van der Waals surface area contributed by atoms with Gasteiger partial charge in [-0.2, -0.15) is 0 Å². The van der Waals surface area contributed by atoms with Gasteiger partial charge in [0.1, 0.15) is 5.75 Å². The number of urea groups is 1. The number of carbonyl (C=O) groups is 1. The molecular weight excluding hydrogens is 458 g/mol. The van der Waals surface area contributed by atoms with Crippen molar-refractivity contribution in [3.63, 3.8) is 0 Å². The summed E-state index contributed by atoms with van der Waals surface area (Å²) in [5.74, 6) is 1.98. The van der Waals surface area contributed by atoms with E-state index in [1.54, 1.807) is 32.3 Å². The van der Waals surface area contributed by atoms with E-state index in [2.05, 4.69) is 10.3 Å². The third-order valence-corrected chi connectivity index (χ3v) is 6.83. The average molecular weight is 494 g/mol. The lowest BCUT2D eigenvalue weighted by atomic mass is 9.96. The molecule has 36 heavy (non-hydrogen) atoms. The maximum absolute atomic E-state index is 13.4. The van der Waals surface area contributed by atoms with Crippen molar-refractivity contribution < 1.29 is 19.0 Å². The highest BCUT2D eigenvalue weighted by Gasteiger charge is 2.21. The average Bonchev–Trinajstić information content (AvgIpc) is 2.91. The summed E-state index contributed by atoms with van der Waals surface area (Å²) in [6.07, 6.45) is 6.07. The lowest BCUT2D eigenvalue weighted by Crippen LogP contribution is -2.46. The van der Waals surface area contributed by atoms with Crippen molar-refractivity contribution in [1.82, 2.24) is 15.2 Å². The number of amides is 2. The van der Waals surface area contributed by atoms with E-state index in [1.165, 1.54) is 6.42 Å². The minimum absolute atomic E-state index is 0.142. The number of aromatic nitrogens is 1. The van der Waals surface area contributed by atoms with Crippen LogP contribution in [0.3, 0.4) is 0 Å². The molecule has 0 aliphatic heterocycles. The standard InChI is InChI=1S/C28H35N3O5/c1-34-23-11-10-20-16-21(27(32)30-24(20)17-23)18-31(28(33)29-22-7-5-4-6-8-22)14-13-19-9-12-25(35-2)26(15-19)36-3/h9-12,15-17,22H,4-8,13-14,18H2,1-3H3,(H,29,33)(H,30,32). The molecule has 1 fully saturated rings. The summed E-state index contributed by atoms with van der Waals surface area (Å²) >= 11 is 0. The Morgan fingerprint density at radius 3 is 2.47 bits per heavy atom.